The van der Waals surface area contributed by atoms with Crippen LogP contribution in [0, 0.1) is 6.92 Å². The standard InChI is InChI=1S/C31H29BrN2O5/c1-4-37-29(35)31(17-18-31)24-15-13-22(14-16-24)21-9-11-23(12-10-21)28-27(20(3)33-39-28)34(30(36)38-5-2)26-8-6-7-25(32)19-26/h6-16,19H,4-5,17-18H2,1-3H3. The summed E-state index contributed by atoms with van der Waals surface area (Å²) >= 11 is 3.49. The number of hydrogen-bond acceptors (Lipinski definition) is 6. The molecule has 39 heavy (non-hydrogen) atoms. The minimum absolute atomic E-state index is 0.139. The Morgan fingerprint density at radius 2 is 1.54 bits per heavy atom. The summed E-state index contributed by atoms with van der Waals surface area (Å²) in [6.45, 7) is 6.02. The van der Waals surface area contributed by atoms with Gasteiger partial charge in [0.15, 0.2) is 5.76 Å². The Bertz CT molecular complexity index is 1490. The lowest BCUT2D eigenvalue weighted by Gasteiger charge is -2.22. The Balaban J connectivity index is 1.45. The molecule has 0 N–H and O–H groups in total. The Morgan fingerprint density at radius 1 is 0.923 bits per heavy atom. The van der Waals surface area contributed by atoms with Gasteiger partial charge in [0.1, 0.15) is 11.4 Å². The van der Waals surface area contributed by atoms with E-state index in [-0.39, 0.29) is 12.6 Å². The van der Waals surface area contributed by atoms with E-state index in [9.17, 15) is 9.59 Å². The van der Waals surface area contributed by atoms with Crippen LogP contribution in [0.3, 0.4) is 0 Å². The van der Waals surface area contributed by atoms with Crippen LogP contribution in [-0.4, -0.2) is 30.4 Å². The van der Waals surface area contributed by atoms with Gasteiger partial charge in [-0.25, -0.2) is 9.69 Å². The summed E-state index contributed by atoms with van der Waals surface area (Å²) in [5.41, 5.74) is 5.04. The number of hydrogen-bond donors (Lipinski definition) is 0. The third-order valence-electron chi connectivity index (χ3n) is 6.91. The number of amides is 1. The third kappa shape index (κ3) is 5.21. The number of aryl methyl sites for hydroxylation is 1. The molecule has 0 saturated heterocycles. The average Bonchev–Trinajstić information content (AvgIpc) is 3.68. The van der Waals surface area contributed by atoms with E-state index in [0.717, 1.165) is 39.6 Å². The van der Waals surface area contributed by atoms with Crippen molar-refractivity contribution >= 4 is 39.4 Å². The fraction of sp³-hybridized carbons (Fsp3) is 0.258. The number of aromatic nitrogens is 1. The second-order valence-electron chi connectivity index (χ2n) is 9.42. The second kappa shape index (κ2) is 11.1. The zero-order valence-corrected chi connectivity index (χ0v) is 23.7. The quantitative estimate of drug-likeness (QED) is 0.194. The van der Waals surface area contributed by atoms with Crippen LogP contribution in [0.5, 0.6) is 0 Å². The highest BCUT2D eigenvalue weighted by atomic mass is 79.9. The number of anilines is 2. The highest BCUT2D eigenvalue weighted by Gasteiger charge is 2.52. The van der Waals surface area contributed by atoms with E-state index in [1.54, 1.807) is 13.8 Å². The average molecular weight is 589 g/mol. The maximum atomic E-state index is 13.1. The molecule has 0 bridgehead atoms. The van der Waals surface area contributed by atoms with Gasteiger partial charge in [-0.05, 0) is 68.5 Å². The lowest BCUT2D eigenvalue weighted by Crippen LogP contribution is -2.27. The van der Waals surface area contributed by atoms with Crippen molar-refractivity contribution in [3.63, 3.8) is 0 Å². The smallest absolute Gasteiger partial charge is 0.419 e. The van der Waals surface area contributed by atoms with Crippen LogP contribution in [0.4, 0.5) is 16.2 Å². The zero-order valence-electron chi connectivity index (χ0n) is 22.1. The molecule has 1 fully saturated rings. The van der Waals surface area contributed by atoms with Gasteiger partial charge in [0.05, 0.1) is 24.3 Å². The summed E-state index contributed by atoms with van der Waals surface area (Å²) in [5, 5.41) is 4.18. The largest absolute Gasteiger partial charge is 0.465 e. The third-order valence-corrected chi connectivity index (χ3v) is 7.40. The van der Waals surface area contributed by atoms with E-state index < -0.39 is 11.5 Å². The summed E-state index contributed by atoms with van der Waals surface area (Å²) < 4.78 is 17.2. The Hall–Kier alpha value is -3.91. The molecule has 8 heteroatoms. The maximum absolute atomic E-state index is 13.1. The first-order valence-corrected chi connectivity index (χ1v) is 13.7. The summed E-state index contributed by atoms with van der Waals surface area (Å²) in [7, 11) is 0. The van der Waals surface area contributed by atoms with E-state index in [4.69, 9.17) is 14.0 Å². The lowest BCUT2D eigenvalue weighted by atomic mass is 9.93. The first-order valence-electron chi connectivity index (χ1n) is 12.9. The van der Waals surface area contributed by atoms with Crippen LogP contribution in [0.1, 0.15) is 37.9 Å². The molecule has 0 unspecified atom stereocenters. The minimum atomic E-state index is -0.517. The molecule has 0 aliphatic heterocycles. The minimum Gasteiger partial charge on any atom is -0.465 e. The SMILES string of the molecule is CCOC(=O)N(c1cccc(Br)c1)c1c(C)noc1-c1ccc(-c2ccc(C3(C(=O)OCC)CC3)cc2)cc1. The number of ether oxygens (including phenoxy) is 2. The summed E-state index contributed by atoms with van der Waals surface area (Å²) in [4.78, 5) is 27.0. The van der Waals surface area contributed by atoms with E-state index in [2.05, 4.69) is 21.1 Å². The lowest BCUT2D eigenvalue weighted by molar-refractivity contribution is -0.146. The molecule has 200 valence electrons. The van der Waals surface area contributed by atoms with E-state index in [1.165, 1.54) is 4.90 Å². The molecule has 1 saturated carbocycles. The van der Waals surface area contributed by atoms with Crippen molar-refractivity contribution < 1.29 is 23.6 Å². The molecule has 0 atom stereocenters. The van der Waals surface area contributed by atoms with E-state index in [1.807, 2.05) is 79.7 Å². The molecular formula is C31H29BrN2O5. The van der Waals surface area contributed by atoms with Crippen molar-refractivity contribution in [2.75, 3.05) is 18.1 Å². The molecule has 1 aromatic heterocycles. The number of esters is 1. The van der Waals surface area contributed by atoms with Crippen molar-refractivity contribution in [2.45, 2.75) is 39.0 Å². The number of carbonyl (C=O) groups excluding carboxylic acids is 2. The molecule has 4 aromatic rings. The van der Waals surface area contributed by atoms with Gasteiger partial charge in [-0.1, -0.05) is 75.7 Å². The van der Waals surface area contributed by atoms with Gasteiger partial charge in [0.25, 0.3) is 0 Å². The van der Waals surface area contributed by atoms with Crippen molar-refractivity contribution in [2.24, 2.45) is 0 Å². The van der Waals surface area contributed by atoms with Crippen LogP contribution in [0.2, 0.25) is 0 Å². The van der Waals surface area contributed by atoms with Crippen LogP contribution in [0.25, 0.3) is 22.5 Å². The molecule has 1 amide bonds. The number of carbonyl (C=O) groups is 2. The van der Waals surface area contributed by atoms with Crippen molar-refractivity contribution in [3.05, 3.63) is 88.5 Å². The number of halogens is 1. The van der Waals surface area contributed by atoms with Crippen LogP contribution in [-0.2, 0) is 19.7 Å². The van der Waals surface area contributed by atoms with E-state index in [0.29, 0.717) is 29.4 Å². The van der Waals surface area contributed by atoms with Crippen LogP contribution < -0.4 is 4.90 Å². The fourth-order valence-corrected chi connectivity index (χ4v) is 5.13. The van der Waals surface area contributed by atoms with Crippen LogP contribution >= 0.6 is 15.9 Å². The Labute approximate surface area is 235 Å². The van der Waals surface area contributed by atoms with Gasteiger partial charge < -0.3 is 14.0 Å². The van der Waals surface area contributed by atoms with Gasteiger partial charge in [-0.2, -0.15) is 0 Å². The van der Waals surface area contributed by atoms with Gasteiger partial charge in [0, 0.05) is 10.0 Å². The van der Waals surface area contributed by atoms with Gasteiger partial charge in [-0.15, -0.1) is 0 Å². The number of benzene rings is 3. The molecule has 1 aliphatic carbocycles. The predicted octanol–water partition coefficient (Wildman–Crippen LogP) is 7.97. The Morgan fingerprint density at radius 3 is 2.13 bits per heavy atom. The summed E-state index contributed by atoms with van der Waals surface area (Å²) in [6.07, 6.45) is 1.12. The monoisotopic (exact) mass is 588 g/mol. The molecule has 7 nitrogen and oxygen atoms in total. The highest BCUT2D eigenvalue weighted by molar-refractivity contribution is 9.10. The van der Waals surface area contributed by atoms with E-state index >= 15 is 0 Å². The molecule has 1 aliphatic rings. The molecule has 0 spiro atoms. The number of nitrogens with zero attached hydrogens (tertiary/aromatic N) is 2. The van der Waals surface area contributed by atoms with Gasteiger partial charge in [0.2, 0.25) is 0 Å². The van der Waals surface area contributed by atoms with Gasteiger partial charge in [-0.3, -0.25) is 4.79 Å². The zero-order chi connectivity index (χ0) is 27.6. The normalized spacial score (nSPS) is 13.5. The summed E-state index contributed by atoms with van der Waals surface area (Å²) in [6, 6.07) is 23.4. The summed E-state index contributed by atoms with van der Waals surface area (Å²) in [5.74, 6) is 0.326. The number of rotatable bonds is 8. The molecule has 5 rings (SSSR count). The predicted molar refractivity (Wildman–Crippen MR) is 153 cm³/mol. The van der Waals surface area contributed by atoms with Gasteiger partial charge >= 0.3 is 12.1 Å². The molecule has 3 aromatic carbocycles. The fourth-order valence-electron chi connectivity index (χ4n) is 4.75. The topological polar surface area (TPSA) is 81.9 Å². The van der Waals surface area contributed by atoms with Crippen LogP contribution in [0.15, 0.2) is 81.8 Å². The first-order chi connectivity index (χ1) is 18.9. The molecular weight excluding hydrogens is 560 g/mol. The van der Waals surface area contributed by atoms with Crippen molar-refractivity contribution in [1.82, 2.24) is 5.16 Å². The molecule has 1 heterocycles. The maximum Gasteiger partial charge on any atom is 0.419 e. The molecule has 0 radical (unpaired) electrons. The highest BCUT2D eigenvalue weighted by Crippen LogP contribution is 2.49. The van der Waals surface area contributed by atoms with Crippen molar-refractivity contribution in [3.8, 4) is 22.5 Å². The Kier molecular flexibility index (Phi) is 7.57. The van der Waals surface area contributed by atoms with Crippen molar-refractivity contribution in [1.29, 1.82) is 0 Å². The second-order valence-corrected chi connectivity index (χ2v) is 10.3. The first kappa shape index (κ1) is 26.7.